The molecular weight excluding hydrogens is 614 g/mol. The lowest BCUT2D eigenvalue weighted by molar-refractivity contribution is -0.307. The van der Waals surface area contributed by atoms with Crippen molar-refractivity contribution in [3.05, 3.63) is 0 Å². The van der Waals surface area contributed by atoms with E-state index < -0.39 is 89.9 Å². The molecule has 0 aromatic rings. The number of methoxy groups -OCH3 is 1. The number of fused-ring (bicyclic) bond motifs is 3. The standard InChI is InChI=1S/C34H61NO12/c1-12-24-33(8,40)28(38)20(4)25(37)18(2)14-32(7)29(47-31-27(42-11)23(35(9)10)13-19(3)45-31)21(5)26(22(6)30(39)46-24)43-16-34(41,15-36)17-44-32/h18-24,26-29,31,36,38,40-41H,12-17H2,1-11H3/t18-,19-,20+,21+,22-,23+,24-,26+,27-,28-,29-,31+,32+,33-,34?/m1/s1. The van der Waals surface area contributed by atoms with E-state index >= 15 is 0 Å². The van der Waals surface area contributed by atoms with Gasteiger partial charge in [0, 0.05) is 30.9 Å². The average Bonchev–Trinajstić information content (AvgIpc) is 3.05. The number of aliphatic hydroxyl groups is 4. The number of rotatable bonds is 6. The third-order valence-electron chi connectivity index (χ3n) is 10.8. The first-order valence-corrected chi connectivity index (χ1v) is 17.0. The molecule has 3 aliphatic heterocycles. The third kappa shape index (κ3) is 8.56. The minimum absolute atomic E-state index is 0.0486. The van der Waals surface area contributed by atoms with Crippen LogP contribution in [-0.4, -0.2) is 144 Å². The van der Waals surface area contributed by atoms with Gasteiger partial charge < -0.3 is 53.7 Å². The Morgan fingerprint density at radius 2 is 1.66 bits per heavy atom. The highest BCUT2D eigenvalue weighted by atomic mass is 16.7. The van der Waals surface area contributed by atoms with Gasteiger partial charge in [-0.05, 0) is 61.1 Å². The van der Waals surface area contributed by atoms with Gasteiger partial charge in [-0.25, -0.2) is 0 Å². The van der Waals surface area contributed by atoms with E-state index in [-0.39, 0.29) is 44.0 Å². The average molecular weight is 676 g/mol. The second kappa shape index (κ2) is 15.7. The molecule has 47 heavy (non-hydrogen) atoms. The maximum atomic E-state index is 13.9. The molecule has 0 saturated carbocycles. The van der Waals surface area contributed by atoms with Crippen molar-refractivity contribution >= 4 is 11.8 Å². The fraction of sp³-hybridized carbons (Fsp3) is 0.941. The van der Waals surface area contributed by atoms with E-state index in [9.17, 15) is 30.0 Å². The van der Waals surface area contributed by atoms with Gasteiger partial charge in [-0.2, -0.15) is 0 Å². The molecule has 0 radical (unpaired) electrons. The molecule has 3 saturated heterocycles. The normalized spacial score (nSPS) is 47.9. The maximum Gasteiger partial charge on any atom is 0.311 e. The van der Waals surface area contributed by atoms with Crippen LogP contribution in [0.15, 0.2) is 0 Å². The van der Waals surface area contributed by atoms with Crippen LogP contribution in [0.25, 0.3) is 0 Å². The predicted octanol–water partition coefficient (Wildman–Crippen LogP) is 1.30. The fourth-order valence-electron chi connectivity index (χ4n) is 7.74. The SMILES string of the molecule is CC[C@H]1OC(=O)[C@H](C)[C@H]2OCC(O)(CO)CO[C@@](C)(C[C@@H](C)C(=O)[C@H](C)[C@@H](O)[C@]1(C)O)[C@H](O[C@@H]1O[C@H](C)C[C@H](N(C)C)[C@H]1OC)[C@H]2C. The van der Waals surface area contributed by atoms with Crippen molar-refractivity contribution in [1.29, 1.82) is 0 Å². The summed E-state index contributed by atoms with van der Waals surface area (Å²) in [6, 6.07) is -0.0486. The van der Waals surface area contributed by atoms with E-state index in [1.807, 2.05) is 27.9 Å². The smallest absolute Gasteiger partial charge is 0.311 e. The van der Waals surface area contributed by atoms with Crippen LogP contribution in [0, 0.1) is 23.7 Å². The highest BCUT2D eigenvalue weighted by molar-refractivity contribution is 5.83. The summed E-state index contributed by atoms with van der Waals surface area (Å²) in [7, 11) is 5.51. The van der Waals surface area contributed by atoms with Gasteiger partial charge in [0.05, 0.1) is 55.8 Å². The molecule has 274 valence electrons. The fourth-order valence-corrected chi connectivity index (χ4v) is 7.74. The third-order valence-corrected chi connectivity index (χ3v) is 10.8. The van der Waals surface area contributed by atoms with Crippen molar-refractivity contribution < 1.29 is 58.4 Å². The summed E-state index contributed by atoms with van der Waals surface area (Å²) in [6.45, 7) is 12.1. The minimum atomic E-state index is -1.94. The minimum Gasteiger partial charge on any atom is -0.459 e. The first-order valence-electron chi connectivity index (χ1n) is 17.0. The van der Waals surface area contributed by atoms with E-state index in [1.54, 1.807) is 41.7 Å². The topological polar surface area (TPSA) is 174 Å². The quantitative estimate of drug-likeness (QED) is 0.297. The number of ketones is 1. The summed E-state index contributed by atoms with van der Waals surface area (Å²) in [6.07, 6.45) is -5.15. The second-order valence-corrected chi connectivity index (χ2v) is 15.0. The van der Waals surface area contributed by atoms with Crippen molar-refractivity contribution in [2.75, 3.05) is 41.0 Å². The molecule has 1 unspecified atom stereocenters. The van der Waals surface area contributed by atoms with Crippen LogP contribution in [0.5, 0.6) is 0 Å². The summed E-state index contributed by atoms with van der Waals surface area (Å²) in [5, 5.41) is 44.4. The molecule has 3 rings (SSSR count). The lowest BCUT2D eigenvalue weighted by Gasteiger charge is -2.49. The van der Waals surface area contributed by atoms with Gasteiger partial charge in [-0.15, -0.1) is 0 Å². The number of esters is 1. The van der Waals surface area contributed by atoms with Crippen LogP contribution in [-0.2, 0) is 38.0 Å². The molecule has 3 aliphatic rings. The molecule has 0 aromatic heterocycles. The molecular formula is C34H61NO12. The number of hydrogen-bond donors (Lipinski definition) is 4. The molecule has 0 spiro atoms. The molecule has 0 aliphatic carbocycles. The van der Waals surface area contributed by atoms with Crippen LogP contribution < -0.4 is 0 Å². The molecule has 15 atom stereocenters. The van der Waals surface area contributed by atoms with E-state index in [4.69, 9.17) is 28.4 Å². The molecule has 13 nitrogen and oxygen atoms in total. The van der Waals surface area contributed by atoms with Crippen molar-refractivity contribution in [1.82, 2.24) is 4.90 Å². The van der Waals surface area contributed by atoms with Gasteiger partial charge >= 0.3 is 5.97 Å². The Kier molecular flexibility index (Phi) is 13.5. The molecule has 3 heterocycles. The monoisotopic (exact) mass is 675 g/mol. The van der Waals surface area contributed by atoms with E-state index in [0.717, 1.165) is 0 Å². The van der Waals surface area contributed by atoms with E-state index in [2.05, 4.69) is 4.90 Å². The molecule has 0 amide bonds. The van der Waals surface area contributed by atoms with Gasteiger partial charge in [-0.3, -0.25) is 9.59 Å². The first kappa shape index (κ1) is 40.2. The zero-order valence-electron chi connectivity index (χ0n) is 30.2. The molecule has 3 fully saturated rings. The summed E-state index contributed by atoms with van der Waals surface area (Å²) >= 11 is 0. The first-order chi connectivity index (χ1) is 21.8. The molecule has 4 N–H and O–H groups in total. The lowest BCUT2D eigenvalue weighted by Crippen LogP contribution is -2.61. The molecule has 0 aromatic carbocycles. The summed E-state index contributed by atoms with van der Waals surface area (Å²) in [5.74, 6) is -4.38. The Morgan fingerprint density at radius 3 is 2.21 bits per heavy atom. The van der Waals surface area contributed by atoms with Gasteiger partial charge in [0.1, 0.15) is 29.2 Å². The van der Waals surface area contributed by atoms with Crippen LogP contribution in [0.4, 0.5) is 0 Å². The number of hydrogen-bond acceptors (Lipinski definition) is 13. The van der Waals surface area contributed by atoms with Gasteiger partial charge in [0.15, 0.2) is 6.29 Å². The van der Waals surface area contributed by atoms with Gasteiger partial charge in [-0.1, -0.05) is 27.7 Å². The number of cyclic esters (lactones) is 1. The van der Waals surface area contributed by atoms with Crippen LogP contribution in [0.2, 0.25) is 0 Å². The van der Waals surface area contributed by atoms with Crippen LogP contribution in [0.3, 0.4) is 0 Å². The van der Waals surface area contributed by atoms with Gasteiger partial charge in [0.25, 0.3) is 0 Å². The lowest BCUT2D eigenvalue weighted by atomic mass is 9.74. The molecule has 2 bridgehead atoms. The summed E-state index contributed by atoms with van der Waals surface area (Å²) in [4.78, 5) is 29.8. The van der Waals surface area contributed by atoms with Crippen molar-refractivity contribution in [3.63, 3.8) is 0 Å². The van der Waals surface area contributed by atoms with Crippen molar-refractivity contribution in [2.45, 2.75) is 140 Å². The Balaban J connectivity index is 2.23. The van der Waals surface area contributed by atoms with Crippen LogP contribution >= 0.6 is 0 Å². The Hall–Kier alpha value is -1.26. The summed E-state index contributed by atoms with van der Waals surface area (Å²) < 4.78 is 37.9. The zero-order valence-corrected chi connectivity index (χ0v) is 30.2. The number of aliphatic hydroxyl groups excluding tert-OH is 2. The van der Waals surface area contributed by atoms with Gasteiger partial charge in [0.2, 0.25) is 0 Å². The number of Topliss-reactive ketones (excluding diaryl/α,β-unsaturated/α-hetero) is 1. The number of carbonyl (C=O) groups is 2. The highest BCUT2D eigenvalue weighted by Gasteiger charge is 2.54. The Bertz CT molecular complexity index is 1060. The predicted molar refractivity (Wildman–Crippen MR) is 171 cm³/mol. The number of likely N-dealkylation sites (N-methyl/N-ethyl adjacent to an activating group) is 1. The van der Waals surface area contributed by atoms with Crippen molar-refractivity contribution in [2.24, 2.45) is 23.7 Å². The Labute approximate surface area is 280 Å². The largest absolute Gasteiger partial charge is 0.459 e. The summed E-state index contributed by atoms with van der Waals surface area (Å²) in [5.41, 5.74) is -5.10. The van der Waals surface area contributed by atoms with E-state index in [1.165, 1.54) is 6.92 Å². The Morgan fingerprint density at radius 1 is 1.02 bits per heavy atom. The maximum absolute atomic E-state index is 13.9. The number of carbonyl (C=O) groups excluding carboxylic acids is 2. The zero-order chi connectivity index (χ0) is 35.6. The highest BCUT2D eigenvalue weighted by Crippen LogP contribution is 2.41. The van der Waals surface area contributed by atoms with Crippen molar-refractivity contribution in [3.8, 4) is 0 Å². The second-order valence-electron chi connectivity index (χ2n) is 15.0. The number of nitrogens with zero attached hydrogens (tertiary/aromatic N) is 1. The molecule has 13 heteroatoms. The van der Waals surface area contributed by atoms with Crippen LogP contribution in [0.1, 0.15) is 74.7 Å². The number of ether oxygens (including phenoxy) is 6. The van der Waals surface area contributed by atoms with E-state index in [0.29, 0.717) is 6.42 Å².